The molecule has 3 rings (SSSR count). The van der Waals surface area contributed by atoms with Crippen LogP contribution in [0.25, 0.3) is 0 Å². The molecule has 2 heterocycles. The van der Waals surface area contributed by atoms with Crippen LogP contribution in [0.3, 0.4) is 0 Å². The average Bonchev–Trinajstić information content (AvgIpc) is 3.02. The molecule has 124 valence electrons. The Bertz CT molecular complexity index is 805. The predicted octanol–water partition coefficient (Wildman–Crippen LogP) is 2.85. The minimum absolute atomic E-state index is 0.170. The maximum atomic E-state index is 11.6. The lowest BCUT2D eigenvalue weighted by Crippen LogP contribution is -2.11. The van der Waals surface area contributed by atoms with Crippen molar-refractivity contribution < 1.29 is 8.42 Å². The molecule has 0 saturated carbocycles. The molecule has 1 aliphatic rings. The van der Waals surface area contributed by atoms with E-state index in [1.807, 2.05) is 29.8 Å². The number of halogens is 1. The maximum absolute atomic E-state index is 11.6. The van der Waals surface area contributed by atoms with Crippen molar-refractivity contribution in [1.29, 1.82) is 0 Å². The van der Waals surface area contributed by atoms with Gasteiger partial charge < -0.3 is 4.57 Å². The van der Waals surface area contributed by atoms with Crippen LogP contribution in [-0.2, 0) is 29.1 Å². The summed E-state index contributed by atoms with van der Waals surface area (Å²) in [7, 11) is -0.895. The molecule has 0 N–H and O–H groups in total. The molecular weight excluding hydrogens is 398 g/mol. The maximum Gasteiger partial charge on any atom is 0.191 e. The summed E-state index contributed by atoms with van der Waals surface area (Å²) in [5, 5.41) is 9.36. The van der Waals surface area contributed by atoms with Gasteiger partial charge in [-0.25, -0.2) is 8.42 Å². The highest BCUT2D eigenvalue weighted by molar-refractivity contribution is 9.10. The van der Waals surface area contributed by atoms with Crippen LogP contribution >= 0.6 is 27.7 Å². The highest BCUT2D eigenvalue weighted by Gasteiger charge is 2.29. The Morgan fingerprint density at radius 1 is 1.35 bits per heavy atom. The van der Waals surface area contributed by atoms with Crippen LogP contribution < -0.4 is 0 Å². The molecule has 1 aromatic carbocycles. The van der Waals surface area contributed by atoms with Crippen LogP contribution in [0, 0.1) is 5.92 Å². The number of thioether (sulfide) groups is 1. The molecule has 23 heavy (non-hydrogen) atoms. The molecule has 0 spiro atoms. The molecule has 0 aliphatic carbocycles. The summed E-state index contributed by atoms with van der Waals surface area (Å²) in [5.74, 6) is 2.43. The van der Waals surface area contributed by atoms with Crippen LogP contribution in [-0.4, -0.2) is 34.7 Å². The van der Waals surface area contributed by atoms with Gasteiger partial charge in [-0.15, -0.1) is 10.2 Å². The number of benzene rings is 1. The van der Waals surface area contributed by atoms with Gasteiger partial charge >= 0.3 is 0 Å². The first-order valence-electron chi connectivity index (χ1n) is 7.39. The van der Waals surface area contributed by atoms with E-state index in [0.717, 1.165) is 27.6 Å². The molecule has 1 aromatic heterocycles. The fraction of sp³-hybridized carbons (Fsp3) is 0.467. The molecule has 8 heteroatoms. The zero-order valence-electron chi connectivity index (χ0n) is 12.8. The van der Waals surface area contributed by atoms with Gasteiger partial charge in [0.05, 0.1) is 11.5 Å². The molecule has 1 aliphatic heterocycles. The lowest BCUT2D eigenvalue weighted by atomic mass is 10.1. The Hall–Kier alpha value is -0.860. The summed E-state index contributed by atoms with van der Waals surface area (Å²) in [6, 6.07) is 8.12. The monoisotopic (exact) mass is 415 g/mol. The molecular formula is C15H18BrN3O2S2. The molecule has 1 saturated heterocycles. The molecule has 0 amide bonds. The van der Waals surface area contributed by atoms with Gasteiger partial charge in [0, 0.05) is 23.7 Å². The summed E-state index contributed by atoms with van der Waals surface area (Å²) in [6.45, 7) is 0. The summed E-state index contributed by atoms with van der Waals surface area (Å²) >= 11 is 5.18. The Balaban J connectivity index is 1.64. The fourth-order valence-corrected chi connectivity index (χ4v) is 6.10. The molecule has 2 aromatic rings. The minimum Gasteiger partial charge on any atom is -0.309 e. The van der Waals surface area contributed by atoms with Gasteiger partial charge in [-0.2, -0.15) is 0 Å². The van der Waals surface area contributed by atoms with E-state index in [1.165, 1.54) is 5.56 Å². The SMILES string of the molecule is Cn1c(C[C@@H]2CCS(=O)(=O)C2)nnc1SCc1ccccc1Br. The second kappa shape index (κ2) is 6.94. The van der Waals surface area contributed by atoms with Crippen molar-refractivity contribution in [3.63, 3.8) is 0 Å². The molecule has 0 unspecified atom stereocenters. The summed E-state index contributed by atoms with van der Waals surface area (Å²) in [5.41, 5.74) is 1.21. The largest absolute Gasteiger partial charge is 0.309 e. The first-order valence-corrected chi connectivity index (χ1v) is 11.0. The second-order valence-electron chi connectivity index (χ2n) is 5.81. The van der Waals surface area contributed by atoms with Gasteiger partial charge in [0.2, 0.25) is 0 Å². The number of rotatable bonds is 5. The van der Waals surface area contributed by atoms with Gasteiger partial charge in [-0.1, -0.05) is 45.9 Å². The van der Waals surface area contributed by atoms with Crippen molar-refractivity contribution in [2.75, 3.05) is 11.5 Å². The standard InChI is InChI=1S/C15H18BrN3O2S2/c1-19-14(8-11-6-7-23(20,21)10-11)17-18-15(19)22-9-12-4-2-3-5-13(12)16/h2-5,11H,6-10H2,1H3/t11-/m0/s1. The third kappa shape index (κ3) is 4.16. The van der Waals surface area contributed by atoms with Crippen molar-refractivity contribution in [2.45, 2.75) is 23.8 Å². The van der Waals surface area contributed by atoms with Crippen LogP contribution in [0.15, 0.2) is 33.9 Å². The minimum atomic E-state index is -2.84. The van der Waals surface area contributed by atoms with E-state index in [0.29, 0.717) is 12.2 Å². The predicted molar refractivity (Wildman–Crippen MR) is 95.2 cm³/mol. The normalized spacial score (nSPS) is 20.0. The summed E-state index contributed by atoms with van der Waals surface area (Å²) in [4.78, 5) is 0. The van der Waals surface area contributed by atoms with Crippen molar-refractivity contribution in [3.8, 4) is 0 Å². The zero-order chi connectivity index (χ0) is 16.4. The quantitative estimate of drug-likeness (QED) is 0.702. The van der Waals surface area contributed by atoms with Crippen molar-refractivity contribution in [1.82, 2.24) is 14.8 Å². The van der Waals surface area contributed by atoms with Gasteiger partial charge in [-0.05, 0) is 24.0 Å². The van der Waals surface area contributed by atoms with Crippen LogP contribution in [0.4, 0.5) is 0 Å². The van der Waals surface area contributed by atoms with Crippen molar-refractivity contribution in [3.05, 3.63) is 40.1 Å². The molecule has 0 bridgehead atoms. The Morgan fingerprint density at radius 3 is 2.83 bits per heavy atom. The lowest BCUT2D eigenvalue weighted by molar-refractivity contribution is 0.552. The van der Waals surface area contributed by atoms with E-state index in [2.05, 4.69) is 32.2 Å². The molecule has 1 atom stereocenters. The Kier molecular flexibility index (Phi) is 5.13. The van der Waals surface area contributed by atoms with E-state index >= 15 is 0 Å². The van der Waals surface area contributed by atoms with E-state index in [1.54, 1.807) is 11.8 Å². The Morgan fingerprint density at radius 2 is 2.13 bits per heavy atom. The average molecular weight is 416 g/mol. The van der Waals surface area contributed by atoms with Crippen LogP contribution in [0.2, 0.25) is 0 Å². The summed E-state index contributed by atoms with van der Waals surface area (Å²) in [6.07, 6.45) is 1.41. The first-order chi connectivity index (χ1) is 10.9. The van der Waals surface area contributed by atoms with Crippen LogP contribution in [0.5, 0.6) is 0 Å². The van der Waals surface area contributed by atoms with Crippen molar-refractivity contribution in [2.24, 2.45) is 13.0 Å². The zero-order valence-corrected chi connectivity index (χ0v) is 16.0. The number of hydrogen-bond acceptors (Lipinski definition) is 5. The molecule has 5 nitrogen and oxygen atoms in total. The molecule has 1 fully saturated rings. The highest BCUT2D eigenvalue weighted by Crippen LogP contribution is 2.27. The van der Waals surface area contributed by atoms with Gasteiger partial charge in [0.1, 0.15) is 5.82 Å². The third-order valence-electron chi connectivity index (χ3n) is 4.04. The Labute approximate surface area is 148 Å². The second-order valence-corrected chi connectivity index (χ2v) is 9.84. The first kappa shape index (κ1) is 17.0. The number of hydrogen-bond donors (Lipinski definition) is 0. The van der Waals surface area contributed by atoms with E-state index < -0.39 is 9.84 Å². The molecule has 0 radical (unpaired) electrons. The fourth-order valence-electron chi connectivity index (χ4n) is 2.70. The van der Waals surface area contributed by atoms with E-state index in [9.17, 15) is 8.42 Å². The van der Waals surface area contributed by atoms with Crippen molar-refractivity contribution >= 4 is 37.5 Å². The van der Waals surface area contributed by atoms with E-state index in [4.69, 9.17) is 0 Å². The highest BCUT2D eigenvalue weighted by atomic mass is 79.9. The number of sulfone groups is 1. The van der Waals surface area contributed by atoms with Gasteiger partial charge in [0.15, 0.2) is 15.0 Å². The van der Waals surface area contributed by atoms with E-state index in [-0.39, 0.29) is 11.7 Å². The van der Waals surface area contributed by atoms with Gasteiger partial charge in [0.25, 0.3) is 0 Å². The van der Waals surface area contributed by atoms with Crippen LogP contribution in [0.1, 0.15) is 17.8 Å². The number of aromatic nitrogens is 3. The van der Waals surface area contributed by atoms with Gasteiger partial charge in [-0.3, -0.25) is 0 Å². The summed E-state index contributed by atoms with van der Waals surface area (Å²) < 4.78 is 26.2. The smallest absolute Gasteiger partial charge is 0.191 e. The lowest BCUT2D eigenvalue weighted by Gasteiger charge is -2.08. The topological polar surface area (TPSA) is 64.8 Å². The third-order valence-corrected chi connectivity index (χ3v) is 7.72. The number of nitrogens with zero attached hydrogens (tertiary/aromatic N) is 3.